The topological polar surface area (TPSA) is 195 Å². The highest BCUT2D eigenvalue weighted by Crippen LogP contribution is 2.38. The predicted octanol–water partition coefficient (Wildman–Crippen LogP) is 3.00. The quantitative estimate of drug-likeness (QED) is 0.0215. The van der Waals surface area contributed by atoms with Crippen molar-refractivity contribution in [1.29, 1.82) is 0 Å². The van der Waals surface area contributed by atoms with Crippen LogP contribution in [-0.2, 0) is 42.2 Å². The van der Waals surface area contributed by atoms with E-state index in [1.165, 1.54) is 0 Å². The van der Waals surface area contributed by atoms with Crippen molar-refractivity contribution in [1.82, 2.24) is 10.6 Å². The molecule has 1 fully saturated rings. The minimum absolute atomic E-state index is 0.0186. The summed E-state index contributed by atoms with van der Waals surface area (Å²) < 4.78 is 54.0. The van der Waals surface area contributed by atoms with Crippen LogP contribution in [0.5, 0.6) is 0 Å². The Morgan fingerprint density at radius 1 is 1.00 bits per heavy atom. The zero-order chi connectivity index (χ0) is 36.0. The van der Waals surface area contributed by atoms with E-state index in [0.29, 0.717) is 91.2 Å². The first-order chi connectivity index (χ1) is 23.7. The molecule has 49 heavy (non-hydrogen) atoms. The van der Waals surface area contributed by atoms with E-state index in [1.54, 1.807) is 43.2 Å². The summed E-state index contributed by atoms with van der Waals surface area (Å²) in [5.74, 6) is 6.86. The molecule has 4 atom stereocenters. The maximum Gasteiger partial charge on any atom is 0.407 e. The Morgan fingerprint density at radius 2 is 1.73 bits per heavy atom. The van der Waals surface area contributed by atoms with E-state index in [9.17, 15) is 14.2 Å². The minimum atomic E-state index is -3.05. The Hall–Kier alpha value is -0.525. The molecule has 0 aromatic carbocycles. The molecule has 3 unspecified atom stereocenters. The molecule has 1 heterocycles. The average molecular weight is 794 g/mol. The Balaban J connectivity index is 2.01. The van der Waals surface area contributed by atoms with Crippen molar-refractivity contribution in [2.75, 3.05) is 90.6 Å². The minimum Gasteiger partial charge on any atom is -0.450 e. The molecule has 0 saturated carbocycles. The van der Waals surface area contributed by atoms with Crippen molar-refractivity contribution < 1.29 is 56.7 Å². The van der Waals surface area contributed by atoms with Crippen LogP contribution in [0.4, 0.5) is 9.59 Å². The van der Waals surface area contributed by atoms with Gasteiger partial charge in [0.1, 0.15) is 18.0 Å². The molecule has 0 spiro atoms. The van der Waals surface area contributed by atoms with Gasteiger partial charge < -0.3 is 58.9 Å². The zero-order valence-corrected chi connectivity index (χ0v) is 32.9. The average Bonchev–Trinajstić information content (AvgIpc) is 3.45. The van der Waals surface area contributed by atoms with Crippen LogP contribution in [-0.4, -0.2) is 138 Å². The standard InChI is InChI=1S/C28H53BN3O12PS4/c1-28(2,7-14-41-27(34)32-11-16-38-18-17-37-15-9-30)49-48-21-39-12-4-5-13-40-26(33)31-10-6-8-29-25-19-23(42-22-47-46-3)24(44-25)20-43-45(35)36/h23-25,29,45H,4-5,7,9-22,30H2,1-3H3,(H,31,33)(H,32,34)(H,35,36)/t23?,24?,25-/m1/s1. The van der Waals surface area contributed by atoms with Gasteiger partial charge in [0.05, 0.1) is 58.9 Å². The molecule has 1 aliphatic heterocycles. The van der Waals surface area contributed by atoms with Crippen molar-refractivity contribution in [2.24, 2.45) is 5.73 Å². The molecular weight excluding hydrogens is 740 g/mol. The molecule has 15 nitrogen and oxygen atoms in total. The van der Waals surface area contributed by atoms with Gasteiger partial charge in [0.25, 0.3) is 0 Å². The number of alkyl carbamates (subject to hydrolysis) is 2. The van der Waals surface area contributed by atoms with Gasteiger partial charge in [0.15, 0.2) is 0 Å². The highest BCUT2D eigenvalue weighted by molar-refractivity contribution is 8.77. The van der Waals surface area contributed by atoms with E-state index in [1.807, 2.05) is 6.26 Å². The lowest BCUT2D eigenvalue weighted by Crippen LogP contribution is -2.29. The molecule has 0 aliphatic carbocycles. The maximum atomic E-state index is 11.9. The Bertz CT molecular complexity index is 973. The first-order valence-electron chi connectivity index (χ1n) is 16.0. The molecule has 1 aliphatic rings. The fraction of sp³-hybridized carbons (Fsp3) is 0.857. The molecule has 5 N–H and O–H groups in total. The van der Waals surface area contributed by atoms with Crippen LogP contribution in [0.3, 0.4) is 0 Å². The predicted molar refractivity (Wildman–Crippen MR) is 200 cm³/mol. The zero-order valence-electron chi connectivity index (χ0n) is 28.6. The summed E-state index contributed by atoms with van der Waals surface area (Å²) >= 11 is 0. The summed E-state index contributed by atoms with van der Waals surface area (Å²) in [5, 5.41) is 5.26. The number of hydrogen-bond acceptors (Lipinski definition) is 16. The number of rotatable bonds is 29. The first kappa shape index (κ1) is 46.5. The maximum absolute atomic E-state index is 11.9. The largest absolute Gasteiger partial charge is 0.450 e. The third-order valence-corrected chi connectivity index (χ3v) is 11.2. The molecule has 1 saturated heterocycles. The van der Waals surface area contributed by atoms with Gasteiger partial charge in [-0.25, -0.2) is 9.59 Å². The van der Waals surface area contributed by atoms with Gasteiger partial charge in [-0.2, -0.15) is 5.82 Å². The number of carbonyl (C=O) groups excluding carboxylic acids is 2. The van der Waals surface area contributed by atoms with Crippen molar-refractivity contribution in [3.8, 4) is 11.7 Å². The second-order valence-electron chi connectivity index (χ2n) is 10.8. The van der Waals surface area contributed by atoms with E-state index in [2.05, 4.69) is 36.2 Å². The lowest BCUT2D eigenvalue weighted by Gasteiger charge is -2.22. The Morgan fingerprint density at radius 3 is 2.49 bits per heavy atom. The van der Waals surface area contributed by atoms with Gasteiger partial charge in [-0.1, -0.05) is 49.1 Å². The summed E-state index contributed by atoms with van der Waals surface area (Å²) in [6.07, 6.45) is 2.98. The van der Waals surface area contributed by atoms with Crippen LogP contribution < -0.4 is 16.4 Å². The third-order valence-electron chi connectivity index (χ3n) is 6.29. The van der Waals surface area contributed by atoms with E-state index in [4.69, 9.17) is 48.3 Å². The number of nitrogens with two attached hydrogens (primary N) is 1. The molecule has 0 aromatic rings. The van der Waals surface area contributed by atoms with Crippen LogP contribution in [0.15, 0.2) is 0 Å². The third kappa shape index (κ3) is 27.8. The SMILES string of the molecule is CSSCOC1C[C@H](BC#CCNC(=O)OCCCCOCSSC(C)(C)CCOC(=O)NCCOCCOCCN)OC1CO[PH](=O)O. The van der Waals surface area contributed by atoms with Gasteiger partial charge in [0, 0.05) is 30.4 Å². The molecule has 2 amide bonds. The van der Waals surface area contributed by atoms with Crippen molar-refractivity contribution >= 4 is 70.9 Å². The Kier molecular flexibility index (Phi) is 29.5. The van der Waals surface area contributed by atoms with E-state index < -0.39 is 26.5 Å². The monoisotopic (exact) mass is 793 g/mol. The summed E-state index contributed by atoms with van der Waals surface area (Å²) in [7, 11) is 3.80. The molecular formula is C28H53BN3O12PS4. The van der Waals surface area contributed by atoms with Gasteiger partial charge in [-0.05, 0) is 45.8 Å². The lowest BCUT2D eigenvalue weighted by molar-refractivity contribution is -0.0193. The van der Waals surface area contributed by atoms with Crippen molar-refractivity contribution in [3.05, 3.63) is 0 Å². The molecule has 21 heteroatoms. The summed E-state index contributed by atoms with van der Waals surface area (Å²) in [6, 6.07) is -0.195. The van der Waals surface area contributed by atoms with Crippen LogP contribution >= 0.6 is 51.4 Å². The second-order valence-corrected chi connectivity index (χ2v) is 17.1. The number of unbranched alkanes of at least 4 members (excludes halogenated alkanes) is 1. The van der Waals surface area contributed by atoms with E-state index in [0.717, 1.165) is 6.42 Å². The number of amides is 2. The number of nitrogens with one attached hydrogen (secondary N) is 2. The number of carbonyl (C=O) groups is 2. The fourth-order valence-corrected chi connectivity index (χ4v) is 7.21. The molecule has 0 aromatic heterocycles. The van der Waals surface area contributed by atoms with Crippen molar-refractivity contribution in [2.45, 2.75) is 62.5 Å². The number of hydrogen-bond donors (Lipinski definition) is 4. The molecule has 1 rings (SSSR count). The van der Waals surface area contributed by atoms with Crippen LogP contribution in [0.25, 0.3) is 0 Å². The van der Waals surface area contributed by atoms with Gasteiger partial charge >= 0.3 is 20.4 Å². The summed E-state index contributed by atoms with van der Waals surface area (Å²) in [4.78, 5) is 32.7. The highest BCUT2D eigenvalue weighted by Gasteiger charge is 2.36. The summed E-state index contributed by atoms with van der Waals surface area (Å²) in [5.41, 5.74) is 5.33. The number of ether oxygens (including phenoxy) is 7. The molecule has 0 bridgehead atoms. The summed E-state index contributed by atoms with van der Waals surface area (Å²) in [6.45, 7) is 8.08. The van der Waals surface area contributed by atoms with Crippen molar-refractivity contribution in [3.63, 3.8) is 0 Å². The fourth-order valence-electron chi connectivity index (χ4n) is 3.85. The second kappa shape index (κ2) is 31.0. The molecule has 284 valence electrons. The Labute approximate surface area is 307 Å². The highest BCUT2D eigenvalue weighted by atomic mass is 33.1. The van der Waals surface area contributed by atoms with E-state index >= 15 is 0 Å². The lowest BCUT2D eigenvalue weighted by atomic mass is 9.71. The van der Waals surface area contributed by atoms with Crippen LogP contribution in [0.2, 0.25) is 0 Å². The van der Waals surface area contributed by atoms with Crippen LogP contribution in [0.1, 0.15) is 39.5 Å². The van der Waals surface area contributed by atoms with Gasteiger partial charge in [-0.3, -0.25) is 4.57 Å². The van der Waals surface area contributed by atoms with Gasteiger partial charge in [-0.15, -0.1) is 0 Å². The normalized spacial score (nSPS) is 17.9. The molecule has 0 radical (unpaired) electrons. The van der Waals surface area contributed by atoms with E-state index in [-0.39, 0.29) is 36.6 Å². The van der Waals surface area contributed by atoms with Crippen LogP contribution in [0, 0.1) is 11.7 Å². The smallest absolute Gasteiger partial charge is 0.407 e. The van der Waals surface area contributed by atoms with Gasteiger partial charge in [0.2, 0.25) is 7.28 Å². The first-order valence-corrected chi connectivity index (χ1v) is 22.3.